The van der Waals surface area contributed by atoms with E-state index in [-0.39, 0.29) is 5.91 Å². The third-order valence-electron chi connectivity index (χ3n) is 5.98. The van der Waals surface area contributed by atoms with Crippen LogP contribution in [0.1, 0.15) is 35.8 Å². The van der Waals surface area contributed by atoms with E-state index in [0.29, 0.717) is 47.2 Å². The number of carbonyl (C=O) groups excluding carboxylic acids is 1. The van der Waals surface area contributed by atoms with E-state index in [1.165, 1.54) is 0 Å². The zero-order valence-electron chi connectivity index (χ0n) is 19.1. The maximum Gasteiger partial charge on any atom is 0.258 e. The third-order valence-corrected chi connectivity index (χ3v) is 7.25. The number of halogens is 2. The normalized spacial score (nSPS) is 16.7. The summed E-state index contributed by atoms with van der Waals surface area (Å²) in [5.41, 5.74) is 4.11. The maximum absolute atomic E-state index is 13.4. The first-order chi connectivity index (χ1) is 16.3. The van der Waals surface area contributed by atoms with Gasteiger partial charge in [-0.3, -0.25) is 15.1 Å². The smallest absolute Gasteiger partial charge is 0.258 e. The molecule has 1 aliphatic heterocycles. The summed E-state index contributed by atoms with van der Waals surface area (Å²) in [6, 6.07) is 7.27. The second-order valence-corrected chi connectivity index (χ2v) is 9.93. The number of imidazole rings is 1. The summed E-state index contributed by atoms with van der Waals surface area (Å²) in [7, 11) is 1.84. The van der Waals surface area contributed by atoms with Crippen LogP contribution in [0.2, 0.25) is 5.02 Å². The van der Waals surface area contributed by atoms with Crippen LogP contribution in [0.15, 0.2) is 34.9 Å². The fourth-order valence-corrected chi connectivity index (χ4v) is 4.90. The highest BCUT2D eigenvalue weighted by Crippen LogP contribution is 2.35. The summed E-state index contributed by atoms with van der Waals surface area (Å²) in [4.78, 5) is 22.7. The van der Waals surface area contributed by atoms with Crippen molar-refractivity contribution in [3.05, 3.63) is 51.2 Å². The van der Waals surface area contributed by atoms with Gasteiger partial charge >= 0.3 is 0 Å². The van der Waals surface area contributed by atoms with Gasteiger partial charge in [0.25, 0.3) is 5.91 Å². The summed E-state index contributed by atoms with van der Waals surface area (Å²) in [5.74, 6) is 1.14. The van der Waals surface area contributed by atoms with Crippen molar-refractivity contribution in [3.63, 3.8) is 0 Å². The van der Waals surface area contributed by atoms with Gasteiger partial charge in [-0.2, -0.15) is 5.10 Å². The predicted molar refractivity (Wildman–Crippen MR) is 135 cm³/mol. The number of aryl methyl sites for hydroxylation is 2. The predicted octanol–water partition coefficient (Wildman–Crippen LogP) is 5.62. The molecule has 0 aliphatic carbocycles. The van der Waals surface area contributed by atoms with Crippen molar-refractivity contribution in [1.29, 1.82) is 0 Å². The van der Waals surface area contributed by atoms with Crippen LogP contribution in [-0.4, -0.2) is 36.8 Å². The van der Waals surface area contributed by atoms with E-state index in [0.717, 1.165) is 39.6 Å². The standard InChI is InChI=1S/C24H24BrClN6O2/c1-13-5-4-8-34-23-16(11-27-31(23)3)19-10-15(9-14(2)28-19)22(33)30-24-29-18-7-6-17(25)20(26)21(18)32(24)12-13/h6-7,9-11,13H,4-5,8,12H2,1-3H3,(H,29,30,33)/t13-/m1/s1. The molecular formula is C24H24BrClN6O2. The molecule has 0 unspecified atom stereocenters. The number of anilines is 1. The molecule has 2 bridgehead atoms. The highest BCUT2D eigenvalue weighted by Gasteiger charge is 2.22. The summed E-state index contributed by atoms with van der Waals surface area (Å²) in [6.45, 7) is 5.24. The third kappa shape index (κ3) is 4.18. The van der Waals surface area contributed by atoms with Crippen LogP contribution in [0, 0.1) is 12.8 Å². The molecule has 1 N–H and O–H groups in total. The Morgan fingerprint density at radius 3 is 2.91 bits per heavy atom. The highest BCUT2D eigenvalue weighted by molar-refractivity contribution is 9.10. The van der Waals surface area contributed by atoms with E-state index in [1.54, 1.807) is 23.0 Å². The molecular weight excluding hydrogens is 520 g/mol. The number of carbonyl (C=O) groups is 1. The first kappa shape index (κ1) is 22.9. The highest BCUT2D eigenvalue weighted by atomic mass is 79.9. The van der Waals surface area contributed by atoms with Crippen LogP contribution in [0.5, 0.6) is 5.88 Å². The zero-order chi connectivity index (χ0) is 24.0. The Morgan fingerprint density at radius 1 is 1.26 bits per heavy atom. The van der Waals surface area contributed by atoms with Crippen molar-refractivity contribution in [2.75, 3.05) is 11.9 Å². The van der Waals surface area contributed by atoms with E-state index in [4.69, 9.17) is 21.3 Å². The maximum atomic E-state index is 13.4. The molecule has 5 rings (SSSR count). The molecule has 34 heavy (non-hydrogen) atoms. The Kier molecular flexibility index (Phi) is 6.07. The number of benzene rings is 1. The monoisotopic (exact) mass is 542 g/mol. The summed E-state index contributed by atoms with van der Waals surface area (Å²) >= 11 is 10.2. The molecule has 0 fully saturated rings. The van der Waals surface area contributed by atoms with Gasteiger partial charge in [0.2, 0.25) is 11.8 Å². The Hall–Kier alpha value is -2.91. The number of nitrogens with one attached hydrogen (secondary N) is 1. The number of rotatable bonds is 0. The van der Waals surface area contributed by atoms with Gasteiger partial charge in [-0.15, -0.1) is 0 Å². The number of hydrogen-bond donors (Lipinski definition) is 1. The number of fused-ring (bicyclic) bond motifs is 7. The molecule has 4 heterocycles. The SMILES string of the molecule is Cc1cc2cc(n1)-c1cnn(C)c1OCCC[C@@H](C)Cn1c(nc3ccc(Br)c(Cl)c31)NC2=O. The number of ether oxygens (including phenoxy) is 1. The molecule has 3 aromatic heterocycles. The first-order valence-corrected chi connectivity index (χ1v) is 12.3. The van der Waals surface area contributed by atoms with E-state index >= 15 is 0 Å². The Balaban J connectivity index is 1.64. The minimum absolute atomic E-state index is 0.271. The Labute approximate surface area is 210 Å². The fourth-order valence-electron chi connectivity index (χ4n) is 4.32. The van der Waals surface area contributed by atoms with Crippen LogP contribution in [0.3, 0.4) is 0 Å². The van der Waals surface area contributed by atoms with Gasteiger partial charge in [-0.05, 0) is 65.9 Å². The number of aromatic nitrogens is 5. The fraction of sp³-hybridized carbons (Fsp3) is 0.333. The van der Waals surface area contributed by atoms with Gasteiger partial charge in [-0.25, -0.2) is 9.67 Å². The summed E-state index contributed by atoms with van der Waals surface area (Å²) in [5, 5.41) is 7.93. The molecule has 8 nitrogen and oxygen atoms in total. The molecule has 10 heteroatoms. The van der Waals surface area contributed by atoms with Crippen molar-refractivity contribution < 1.29 is 9.53 Å². The molecule has 4 aromatic rings. The average Bonchev–Trinajstić information content (AvgIpc) is 3.33. The lowest BCUT2D eigenvalue weighted by molar-refractivity contribution is 0.102. The van der Waals surface area contributed by atoms with Gasteiger partial charge in [0.05, 0.1) is 40.1 Å². The molecule has 1 aromatic carbocycles. The van der Waals surface area contributed by atoms with Crippen molar-refractivity contribution >= 4 is 50.4 Å². The van der Waals surface area contributed by atoms with E-state index in [2.05, 4.69) is 38.3 Å². The van der Waals surface area contributed by atoms with Crippen LogP contribution in [0.25, 0.3) is 22.3 Å². The lowest BCUT2D eigenvalue weighted by atomic mass is 10.1. The molecule has 1 amide bonds. The second-order valence-electron chi connectivity index (χ2n) is 8.69. The van der Waals surface area contributed by atoms with Gasteiger partial charge in [0.15, 0.2) is 0 Å². The molecule has 1 aliphatic rings. The molecule has 176 valence electrons. The van der Waals surface area contributed by atoms with E-state index < -0.39 is 0 Å². The summed E-state index contributed by atoms with van der Waals surface area (Å²) < 4.78 is 10.6. The minimum atomic E-state index is -0.271. The van der Waals surface area contributed by atoms with Gasteiger partial charge in [0.1, 0.15) is 0 Å². The van der Waals surface area contributed by atoms with E-state index in [9.17, 15) is 4.79 Å². The molecule has 1 atom stereocenters. The lowest BCUT2D eigenvalue weighted by Gasteiger charge is -2.16. The number of hydrogen-bond acceptors (Lipinski definition) is 5. The van der Waals surface area contributed by atoms with Gasteiger partial charge < -0.3 is 9.30 Å². The molecule has 0 saturated heterocycles. The van der Waals surface area contributed by atoms with Gasteiger partial charge in [-0.1, -0.05) is 18.5 Å². The topological polar surface area (TPSA) is 86.9 Å². The quantitative estimate of drug-likeness (QED) is 0.311. The van der Waals surface area contributed by atoms with Crippen LogP contribution in [0.4, 0.5) is 5.95 Å². The van der Waals surface area contributed by atoms with Crippen LogP contribution < -0.4 is 10.1 Å². The lowest BCUT2D eigenvalue weighted by Crippen LogP contribution is -2.18. The molecule has 0 spiro atoms. The molecule has 0 radical (unpaired) electrons. The molecule has 0 saturated carbocycles. The summed E-state index contributed by atoms with van der Waals surface area (Å²) in [6.07, 6.45) is 3.51. The van der Waals surface area contributed by atoms with E-state index in [1.807, 2.05) is 30.7 Å². The van der Waals surface area contributed by atoms with Crippen LogP contribution >= 0.6 is 27.5 Å². The number of amides is 1. The first-order valence-electron chi connectivity index (χ1n) is 11.1. The largest absolute Gasteiger partial charge is 0.477 e. The van der Waals surface area contributed by atoms with Crippen molar-refractivity contribution in [3.8, 4) is 17.1 Å². The Morgan fingerprint density at radius 2 is 2.09 bits per heavy atom. The number of pyridine rings is 1. The second kappa shape index (κ2) is 9.03. The average molecular weight is 544 g/mol. The minimum Gasteiger partial charge on any atom is -0.477 e. The van der Waals surface area contributed by atoms with Crippen molar-refractivity contribution in [1.82, 2.24) is 24.3 Å². The van der Waals surface area contributed by atoms with Crippen LogP contribution in [-0.2, 0) is 13.6 Å². The number of nitrogens with zero attached hydrogens (tertiary/aromatic N) is 5. The van der Waals surface area contributed by atoms with Crippen molar-refractivity contribution in [2.45, 2.75) is 33.2 Å². The Bertz CT molecular complexity index is 1410. The van der Waals surface area contributed by atoms with Gasteiger partial charge in [0, 0.05) is 29.3 Å². The van der Waals surface area contributed by atoms with Crippen molar-refractivity contribution in [2.24, 2.45) is 13.0 Å². The zero-order valence-corrected chi connectivity index (χ0v) is 21.4.